The molecule has 0 fully saturated rings. The summed E-state index contributed by atoms with van der Waals surface area (Å²) in [6.45, 7) is 5.01. The summed E-state index contributed by atoms with van der Waals surface area (Å²) >= 11 is 0. The quantitative estimate of drug-likeness (QED) is 0.512. The summed E-state index contributed by atoms with van der Waals surface area (Å²) in [5.41, 5.74) is 0. The molecular formula is C13H20O5S. The number of ether oxygens (including phenoxy) is 2. The number of rotatable bonds is 9. The summed E-state index contributed by atoms with van der Waals surface area (Å²) < 4.78 is 38.7. The van der Waals surface area contributed by atoms with Gasteiger partial charge in [0.1, 0.15) is 0 Å². The van der Waals surface area contributed by atoms with Crippen LogP contribution in [0.25, 0.3) is 0 Å². The van der Waals surface area contributed by atoms with Crippen LogP contribution in [0.4, 0.5) is 0 Å². The SMILES string of the molecule is CC(C)OCCOCCOS(=O)(=O)c1ccccc1. The molecule has 0 aliphatic carbocycles. The van der Waals surface area contributed by atoms with E-state index in [4.69, 9.17) is 13.7 Å². The van der Waals surface area contributed by atoms with E-state index in [2.05, 4.69) is 0 Å². The van der Waals surface area contributed by atoms with Crippen molar-refractivity contribution in [2.45, 2.75) is 24.8 Å². The van der Waals surface area contributed by atoms with Crippen molar-refractivity contribution >= 4 is 10.1 Å². The van der Waals surface area contributed by atoms with Gasteiger partial charge in [-0.15, -0.1) is 0 Å². The Balaban J connectivity index is 2.19. The van der Waals surface area contributed by atoms with Crippen LogP contribution in [0, 0.1) is 0 Å². The maximum Gasteiger partial charge on any atom is 0.297 e. The van der Waals surface area contributed by atoms with E-state index in [1.165, 1.54) is 12.1 Å². The van der Waals surface area contributed by atoms with Crippen LogP contribution in [0.15, 0.2) is 35.2 Å². The van der Waals surface area contributed by atoms with Gasteiger partial charge in [0.05, 0.1) is 37.4 Å². The van der Waals surface area contributed by atoms with E-state index >= 15 is 0 Å². The lowest BCUT2D eigenvalue weighted by molar-refractivity contribution is 0.0129. The molecule has 0 amide bonds. The molecule has 1 rings (SSSR count). The number of benzene rings is 1. The third-order valence-corrected chi connectivity index (χ3v) is 3.50. The van der Waals surface area contributed by atoms with Gasteiger partial charge in [-0.1, -0.05) is 18.2 Å². The highest BCUT2D eigenvalue weighted by Gasteiger charge is 2.13. The first-order chi connectivity index (χ1) is 9.02. The first-order valence-corrected chi connectivity index (χ1v) is 7.57. The van der Waals surface area contributed by atoms with Crippen molar-refractivity contribution in [2.24, 2.45) is 0 Å². The second-order valence-corrected chi connectivity index (χ2v) is 5.74. The second-order valence-electron chi connectivity index (χ2n) is 4.12. The summed E-state index contributed by atoms with van der Waals surface area (Å²) in [5.74, 6) is 0. The maximum absolute atomic E-state index is 11.7. The molecule has 0 saturated carbocycles. The van der Waals surface area contributed by atoms with E-state index in [1.807, 2.05) is 13.8 Å². The lowest BCUT2D eigenvalue weighted by atomic mass is 10.4. The smallest absolute Gasteiger partial charge is 0.297 e. The van der Waals surface area contributed by atoms with Crippen molar-refractivity contribution in [3.05, 3.63) is 30.3 Å². The molecule has 1 aromatic rings. The molecule has 0 spiro atoms. The van der Waals surface area contributed by atoms with Crippen LogP contribution in [0.5, 0.6) is 0 Å². The van der Waals surface area contributed by atoms with E-state index in [0.717, 1.165) is 0 Å². The van der Waals surface area contributed by atoms with Gasteiger partial charge in [0.2, 0.25) is 0 Å². The minimum absolute atomic E-state index is 0.00109. The fourth-order valence-corrected chi connectivity index (χ4v) is 2.22. The monoisotopic (exact) mass is 288 g/mol. The summed E-state index contributed by atoms with van der Waals surface area (Å²) in [7, 11) is -3.68. The van der Waals surface area contributed by atoms with Crippen molar-refractivity contribution in [3.8, 4) is 0 Å². The van der Waals surface area contributed by atoms with Gasteiger partial charge in [-0.05, 0) is 26.0 Å². The molecule has 0 radical (unpaired) electrons. The molecule has 0 aliphatic heterocycles. The zero-order valence-corrected chi connectivity index (χ0v) is 12.1. The van der Waals surface area contributed by atoms with Crippen molar-refractivity contribution in [1.29, 1.82) is 0 Å². The molecule has 1 aromatic carbocycles. The third kappa shape index (κ3) is 6.68. The molecule has 108 valence electrons. The molecule has 0 heterocycles. The van der Waals surface area contributed by atoms with Gasteiger partial charge in [0.25, 0.3) is 10.1 Å². The van der Waals surface area contributed by atoms with Crippen LogP contribution in [0.2, 0.25) is 0 Å². The Morgan fingerprint density at radius 3 is 2.26 bits per heavy atom. The molecule has 5 nitrogen and oxygen atoms in total. The van der Waals surface area contributed by atoms with Crippen LogP contribution >= 0.6 is 0 Å². The van der Waals surface area contributed by atoms with Crippen molar-refractivity contribution in [3.63, 3.8) is 0 Å². The number of hydrogen-bond acceptors (Lipinski definition) is 5. The molecule has 0 unspecified atom stereocenters. The largest absolute Gasteiger partial charge is 0.377 e. The molecule has 19 heavy (non-hydrogen) atoms. The predicted molar refractivity (Wildman–Crippen MR) is 71.5 cm³/mol. The average molecular weight is 288 g/mol. The summed E-state index contributed by atoms with van der Waals surface area (Å²) in [6, 6.07) is 8.03. The van der Waals surface area contributed by atoms with E-state index in [-0.39, 0.29) is 24.2 Å². The van der Waals surface area contributed by atoms with Crippen molar-refractivity contribution < 1.29 is 22.1 Å². The van der Waals surface area contributed by atoms with E-state index in [1.54, 1.807) is 18.2 Å². The maximum atomic E-state index is 11.7. The molecule has 6 heteroatoms. The average Bonchev–Trinajstić information content (AvgIpc) is 2.38. The van der Waals surface area contributed by atoms with E-state index in [9.17, 15) is 8.42 Å². The topological polar surface area (TPSA) is 61.8 Å². The Kier molecular flexibility index (Phi) is 7.01. The molecule has 0 N–H and O–H groups in total. The predicted octanol–water partition coefficient (Wildman–Crippen LogP) is 1.83. The molecule has 0 bridgehead atoms. The first-order valence-electron chi connectivity index (χ1n) is 6.16. The van der Waals surface area contributed by atoms with Crippen LogP contribution in [-0.4, -0.2) is 40.9 Å². The Hall–Kier alpha value is -0.950. The van der Waals surface area contributed by atoms with Crippen LogP contribution in [0.3, 0.4) is 0 Å². The van der Waals surface area contributed by atoms with Crippen LogP contribution in [-0.2, 0) is 23.8 Å². The van der Waals surface area contributed by atoms with Crippen molar-refractivity contribution in [1.82, 2.24) is 0 Å². The zero-order valence-electron chi connectivity index (χ0n) is 11.2. The summed E-state index contributed by atoms with van der Waals surface area (Å²) in [5, 5.41) is 0. The van der Waals surface area contributed by atoms with Gasteiger partial charge in [-0.3, -0.25) is 4.18 Å². The van der Waals surface area contributed by atoms with Gasteiger partial charge in [0, 0.05) is 0 Å². The molecule has 0 atom stereocenters. The van der Waals surface area contributed by atoms with E-state index < -0.39 is 10.1 Å². The highest BCUT2D eigenvalue weighted by molar-refractivity contribution is 7.86. The van der Waals surface area contributed by atoms with Gasteiger partial charge in [0.15, 0.2) is 0 Å². The lowest BCUT2D eigenvalue weighted by Gasteiger charge is -2.08. The number of hydrogen-bond donors (Lipinski definition) is 0. The summed E-state index contributed by atoms with van der Waals surface area (Å²) in [6.07, 6.45) is 0.165. The molecule has 0 saturated heterocycles. The molecular weight excluding hydrogens is 268 g/mol. The zero-order chi connectivity index (χ0) is 14.1. The fourth-order valence-electron chi connectivity index (χ4n) is 1.30. The highest BCUT2D eigenvalue weighted by Crippen LogP contribution is 2.10. The summed E-state index contributed by atoms with van der Waals surface area (Å²) in [4.78, 5) is 0.151. The van der Waals surface area contributed by atoms with Gasteiger partial charge >= 0.3 is 0 Å². The minimum atomic E-state index is -3.68. The van der Waals surface area contributed by atoms with Crippen LogP contribution in [0.1, 0.15) is 13.8 Å². The van der Waals surface area contributed by atoms with Gasteiger partial charge < -0.3 is 9.47 Å². The Morgan fingerprint density at radius 1 is 1.00 bits per heavy atom. The third-order valence-electron chi connectivity index (χ3n) is 2.18. The van der Waals surface area contributed by atoms with Crippen molar-refractivity contribution in [2.75, 3.05) is 26.4 Å². The normalized spacial score (nSPS) is 11.9. The van der Waals surface area contributed by atoms with E-state index in [0.29, 0.717) is 13.2 Å². The molecule has 0 aliphatic rings. The second kappa shape index (κ2) is 8.27. The van der Waals surface area contributed by atoms with Gasteiger partial charge in [-0.2, -0.15) is 8.42 Å². The Labute approximate surface area is 114 Å². The fraction of sp³-hybridized carbons (Fsp3) is 0.538. The van der Waals surface area contributed by atoms with Gasteiger partial charge in [-0.25, -0.2) is 0 Å². The Bertz CT molecular complexity index is 441. The van der Waals surface area contributed by atoms with Crippen LogP contribution < -0.4 is 0 Å². The minimum Gasteiger partial charge on any atom is -0.377 e. The lowest BCUT2D eigenvalue weighted by Crippen LogP contribution is -2.14. The molecule has 0 aromatic heterocycles. The first kappa shape index (κ1) is 16.1. The Morgan fingerprint density at radius 2 is 1.63 bits per heavy atom. The highest BCUT2D eigenvalue weighted by atomic mass is 32.2. The standard InChI is InChI=1S/C13H20O5S/c1-12(2)17-10-8-16-9-11-18-19(14,15)13-6-4-3-5-7-13/h3-7,12H,8-11H2,1-2H3.